The third kappa shape index (κ3) is 5.09. The summed E-state index contributed by atoms with van der Waals surface area (Å²) < 4.78 is 0. The highest BCUT2D eigenvalue weighted by Crippen LogP contribution is 2.31. The van der Waals surface area contributed by atoms with Crippen LogP contribution in [-0.4, -0.2) is 17.0 Å². The number of rotatable bonds is 5. The molecule has 104 valence electrons. The first-order chi connectivity index (χ1) is 8.71. The van der Waals surface area contributed by atoms with E-state index in [0.29, 0.717) is 10.7 Å². The molecule has 19 heavy (non-hydrogen) atoms. The standard InChI is InChI=1S/C13H15Cl2NO3/c1-13(2,7-11(18)19)6-10(17)16-9-5-3-4-8(14)12(9)15/h3-5H,6-7H2,1-2H3,(H,16,17)(H,18,19). The van der Waals surface area contributed by atoms with Gasteiger partial charge in [0.1, 0.15) is 0 Å². The Kier molecular flexibility index (Phi) is 5.20. The molecule has 0 radical (unpaired) electrons. The average Bonchev–Trinajstić information content (AvgIpc) is 2.21. The summed E-state index contributed by atoms with van der Waals surface area (Å²) in [4.78, 5) is 22.6. The van der Waals surface area contributed by atoms with Crippen LogP contribution in [0.2, 0.25) is 10.0 Å². The zero-order valence-electron chi connectivity index (χ0n) is 10.7. The highest BCUT2D eigenvalue weighted by atomic mass is 35.5. The van der Waals surface area contributed by atoms with Gasteiger partial charge < -0.3 is 10.4 Å². The number of nitrogens with one attached hydrogen (secondary N) is 1. The summed E-state index contributed by atoms with van der Waals surface area (Å²) in [5, 5.41) is 12.0. The summed E-state index contributed by atoms with van der Waals surface area (Å²) in [5.41, 5.74) is -0.202. The van der Waals surface area contributed by atoms with E-state index in [0.717, 1.165) is 0 Å². The van der Waals surface area contributed by atoms with Gasteiger partial charge in [0, 0.05) is 6.42 Å². The predicted molar refractivity (Wildman–Crippen MR) is 75.7 cm³/mol. The summed E-state index contributed by atoms with van der Waals surface area (Å²) in [5.74, 6) is -1.23. The Morgan fingerprint density at radius 3 is 2.47 bits per heavy atom. The minimum absolute atomic E-state index is 0.0797. The number of aliphatic carboxylic acids is 1. The lowest BCUT2D eigenvalue weighted by Gasteiger charge is -2.21. The van der Waals surface area contributed by atoms with E-state index in [2.05, 4.69) is 5.32 Å². The van der Waals surface area contributed by atoms with Crippen molar-refractivity contribution in [2.75, 3.05) is 5.32 Å². The van der Waals surface area contributed by atoms with Crippen molar-refractivity contribution in [3.63, 3.8) is 0 Å². The van der Waals surface area contributed by atoms with Crippen LogP contribution in [0.5, 0.6) is 0 Å². The van der Waals surface area contributed by atoms with E-state index in [1.165, 1.54) is 0 Å². The molecule has 0 saturated carbocycles. The highest BCUT2D eigenvalue weighted by molar-refractivity contribution is 6.43. The first-order valence-corrected chi connectivity index (χ1v) is 6.42. The van der Waals surface area contributed by atoms with Crippen molar-refractivity contribution in [2.45, 2.75) is 26.7 Å². The molecule has 0 aromatic heterocycles. The largest absolute Gasteiger partial charge is 0.481 e. The van der Waals surface area contributed by atoms with E-state index in [4.69, 9.17) is 28.3 Å². The number of carboxylic acid groups (broad SMARTS) is 1. The number of amides is 1. The maximum Gasteiger partial charge on any atom is 0.303 e. The molecule has 0 aliphatic heterocycles. The lowest BCUT2D eigenvalue weighted by Crippen LogP contribution is -2.24. The number of carbonyl (C=O) groups is 2. The van der Waals surface area contributed by atoms with E-state index < -0.39 is 11.4 Å². The van der Waals surface area contributed by atoms with Crippen LogP contribution in [0.15, 0.2) is 18.2 Å². The summed E-state index contributed by atoms with van der Waals surface area (Å²) in [6.07, 6.45) is 0.00579. The molecule has 0 unspecified atom stereocenters. The van der Waals surface area contributed by atoms with Gasteiger partial charge in [-0.15, -0.1) is 0 Å². The second-order valence-electron chi connectivity index (χ2n) is 5.06. The first-order valence-electron chi connectivity index (χ1n) is 5.67. The van der Waals surface area contributed by atoms with Crippen molar-refractivity contribution < 1.29 is 14.7 Å². The minimum Gasteiger partial charge on any atom is -0.481 e. The van der Waals surface area contributed by atoms with Crippen LogP contribution >= 0.6 is 23.2 Å². The summed E-state index contributed by atoms with van der Waals surface area (Å²) in [6.45, 7) is 3.44. The number of hydrogen-bond acceptors (Lipinski definition) is 2. The predicted octanol–water partition coefficient (Wildman–Crippen LogP) is 3.82. The summed E-state index contributed by atoms with van der Waals surface area (Å²) >= 11 is 11.8. The van der Waals surface area contributed by atoms with Gasteiger partial charge in [0.25, 0.3) is 0 Å². The van der Waals surface area contributed by atoms with E-state index in [1.54, 1.807) is 32.0 Å². The summed E-state index contributed by atoms with van der Waals surface area (Å²) in [6, 6.07) is 4.93. The molecule has 1 aromatic carbocycles. The fourth-order valence-corrected chi connectivity index (χ4v) is 2.05. The zero-order valence-corrected chi connectivity index (χ0v) is 12.2. The molecule has 0 fully saturated rings. The third-order valence-electron chi connectivity index (χ3n) is 2.49. The molecule has 0 saturated heterocycles. The van der Waals surface area contributed by atoms with Crippen molar-refractivity contribution in [1.82, 2.24) is 0 Å². The van der Waals surface area contributed by atoms with Crippen molar-refractivity contribution >= 4 is 40.8 Å². The second kappa shape index (κ2) is 6.26. The van der Waals surface area contributed by atoms with E-state index in [1.807, 2.05) is 0 Å². The van der Waals surface area contributed by atoms with Crippen LogP contribution in [-0.2, 0) is 9.59 Å². The molecule has 0 aliphatic rings. The first kappa shape index (κ1) is 15.8. The molecule has 0 aliphatic carbocycles. The monoisotopic (exact) mass is 303 g/mol. The van der Waals surface area contributed by atoms with Crippen molar-refractivity contribution in [1.29, 1.82) is 0 Å². The molecule has 1 aromatic rings. The van der Waals surface area contributed by atoms with Crippen LogP contribution < -0.4 is 5.32 Å². The molecular formula is C13H15Cl2NO3. The molecule has 0 spiro atoms. The Morgan fingerprint density at radius 1 is 1.26 bits per heavy atom. The molecule has 4 nitrogen and oxygen atoms in total. The van der Waals surface area contributed by atoms with Crippen molar-refractivity contribution in [3.8, 4) is 0 Å². The normalized spacial score (nSPS) is 11.2. The number of halogens is 2. The lowest BCUT2D eigenvalue weighted by atomic mass is 9.85. The van der Waals surface area contributed by atoms with Gasteiger partial charge >= 0.3 is 5.97 Å². The molecule has 1 amide bonds. The number of hydrogen-bond donors (Lipinski definition) is 2. The van der Waals surface area contributed by atoms with Crippen LogP contribution in [0.1, 0.15) is 26.7 Å². The fraction of sp³-hybridized carbons (Fsp3) is 0.385. The van der Waals surface area contributed by atoms with Gasteiger partial charge in [-0.05, 0) is 17.5 Å². The lowest BCUT2D eigenvalue weighted by molar-refractivity contribution is -0.139. The Bertz CT molecular complexity index is 501. The second-order valence-corrected chi connectivity index (χ2v) is 5.85. The molecule has 0 bridgehead atoms. The fourth-order valence-electron chi connectivity index (χ4n) is 1.70. The van der Waals surface area contributed by atoms with E-state index in [-0.39, 0.29) is 23.8 Å². The molecule has 1 rings (SSSR count). The van der Waals surface area contributed by atoms with E-state index in [9.17, 15) is 9.59 Å². The highest BCUT2D eigenvalue weighted by Gasteiger charge is 2.25. The zero-order chi connectivity index (χ0) is 14.6. The average molecular weight is 304 g/mol. The topological polar surface area (TPSA) is 66.4 Å². The quantitative estimate of drug-likeness (QED) is 0.869. The Labute approximate surface area is 121 Å². The third-order valence-corrected chi connectivity index (χ3v) is 3.31. The van der Waals surface area contributed by atoms with Gasteiger partial charge in [-0.25, -0.2) is 0 Å². The van der Waals surface area contributed by atoms with Gasteiger partial charge in [0.05, 0.1) is 22.2 Å². The van der Waals surface area contributed by atoms with Crippen LogP contribution in [0.25, 0.3) is 0 Å². The van der Waals surface area contributed by atoms with Gasteiger partial charge in [-0.3, -0.25) is 9.59 Å². The maximum absolute atomic E-state index is 11.9. The Balaban J connectivity index is 2.70. The van der Waals surface area contributed by atoms with Crippen molar-refractivity contribution in [2.24, 2.45) is 5.41 Å². The molecule has 0 heterocycles. The number of carbonyl (C=O) groups excluding carboxylic acids is 1. The van der Waals surface area contributed by atoms with Gasteiger partial charge in [-0.1, -0.05) is 43.1 Å². The number of anilines is 1. The Hall–Kier alpha value is -1.26. The van der Waals surface area contributed by atoms with Crippen molar-refractivity contribution in [3.05, 3.63) is 28.2 Å². The number of benzene rings is 1. The Morgan fingerprint density at radius 2 is 1.89 bits per heavy atom. The SMILES string of the molecule is CC(C)(CC(=O)O)CC(=O)Nc1cccc(Cl)c1Cl. The van der Waals surface area contributed by atoms with Gasteiger partial charge in [-0.2, -0.15) is 0 Å². The molecule has 2 N–H and O–H groups in total. The van der Waals surface area contributed by atoms with Crippen LogP contribution in [0.3, 0.4) is 0 Å². The van der Waals surface area contributed by atoms with Crippen LogP contribution in [0.4, 0.5) is 5.69 Å². The van der Waals surface area contributed by atoms with Gasteiger partial charge in [0.15, 0.2) is 0 Å². The minimum atomic E-state index is -0.932. The maximum atomic E-state index is 11.9. The van der Waals surface area contributed by atoms with Crippen LogP contribution in [0, 0.1) is 5.41 Å². The molecular weight excluding hydrogens is 289 g/mol. The van der Waals surface area contributed by atoms with Gasteiger partial charge in [0.2, 0.25) is 5.91 Å². The number of carboxylic acids is 1. The molecule has 6 heteroatoms. The van der Waals surface area contributed by atoms with E-state index >= 15 is 0 Å². The molecule has 0 atom stereocenters. The smallest absolute Gasteiger partial charge is 0.303 e. The summed E-state index contributed by atoms with van der Waals surface area (Å²) in [7, 11) is 0.